The van der Waals surface area contributed by atoms with E-state index < -0.39 is 0 Å². The maximum atomic E-state index is 13.4. The van der Waals surface area contributed by atoms with Crippen LogP contribution in [0.4, 0.5) is 4.39 Å². The lowest BCUT2D eigenvalue weighted by atomic mass is 10.1. The molecule has 0 radical (unpaired) electrons. The van der Waals surface area contributed by atoms with Gasteiger partial charge in [0.1, 0.15) is 5.82 Å². The largest absolute Gasteiger partial charge is 0.352 e. The van der Waals surface area contributed by atoms with Crippen LogP contribution in [-0.4, -0.2) is 12.5 Å². The van der Waals surface area contributed by atoms with E-state index in [9.17, 15) is 9.18 Å². The van der Waals surface area contributed by atoms with E-state index in [0.29, 0.717) is 33.6 Å². The van der Waals surface area contributed by atoms with Crippen molar-refractivity contribution < 1.29 is 9.18 Å². The van der Waals surface area contributed by atoms with Crippen molar-refractivity contribution in [3.8, 4) is 0 Å². The number of carbonyl (C=O) groups excluding carboxylic acids is 1. The molecule has 0 atom stereocenters. The predicted molar refractivity (Wildman–Crippen MR) is 81.6 cm³/mol. The first kappa shape index (κ1) is 15.0. The van der Waals surface area contributed by atoms with Crippen LogP contribution in [0.3, 0.4) is 0 Å². The third-order valence-electron chi connectivity index (χ3n) is 2.83. The lowest BCUT2D eigenvalue weighted by molar-refractivity contribution is 0.0954. The zero-order valence-electron chi connectivity index (χ0n) is 10.5. The molecule has 104 valence electrons. The summed E-state index contributed by atoms with van der Waals surface area (Å²) >= 11 is 9.31. The van der Waals surface area contributed by atoms with Crippen LogP contribution in [0.5, 0.6) is 0 Å². The average Bonchev–Trinajstić information content (AvgIpc) is 2.44. The van der Waals surface area contributed by atoms with Gasteiger partial charge >= 0.3 is 0 Å². The van der Waals surface area contributed by atoms with Crippen LogP contribution in [0.1, 0.15) is 15.9 Å². The van der Waals surface area contributed by atoms with Gasteiger partial charge in [-0.1, -0.05) is 35.9 Å². The molecule has 0 saturated carbocycles. The van der Waals surface area contributed by atoms with E-state index in [1.54, 1.807) is 36.4 Å². The fraction of sp³-hybridized carbons (Fsp3) is 0.133. The number of rotatable bonds is 4. The van der Waals surface area contributed by atoms with Gasteiger partial charge in [0.25, 0.3) is 5.91 Å². The Hall–Kier alpha value is -1.39. The van der Waals surface area contributed by atoms with Crippen molar-refractivity contribution in [2.24, 2.45) is 0 Å². The number of benzene rings is 2. The third-order valence-corrected chi connectivity index (χ3v) is 4.13. The second-order valence-electron chi connectivity index (χ2n) is 4.20. The summed E-state index contributed by atoms with van der Waals surface area (Å²) in [6, 6.07) is 11.7. The van der Waals surface area contributed by atoms with Crippen molar-refractivity contribution in [1.29, 1.82) is 0 Å². The molecule has 2 nitrogen and oxygen atoms in total. The minimum absolute atomic E-state index is 0.262. The molecule has 2 rings (SSSR count). The molecular weight excluding hydrogens is 345 g/mol. The molecule has 2 aromatic rings. The number of hydrogen-bond donors (Lipinski definition) is 1. The molecule has 0 aliphatic carbocycles. The number of amides is 1. The molecule has 1 N–H and O–H groups in total. The number of halogens is 3. The summed E-state index contributed by atoms with van der Waals surface area (Å²) in [7, 11) is 0. The quantitative estimate of drug-likeness (QED) is 0.873. The molecule has 20 heavy (non-hydrogen) atoms. The Bertz CT molecular complexity index is 633. The van der Waals surface area contributed by atoms with E-state index in [0.717, 1.165) is 0 Å². The summed E-state index contributed by atoms with van der Waals surface area (Å²) in [5, 5.41) is 3.10. The van der Waals surface area contributed by atoms with Gasteiger partial charge in [-0.15, -0.1) is 0 Å². The van der Waals surface area contributed by atoms with Crippen LogP contribution in [0.2, 0.25) is 5.02 Å². The number of hydrogen-bond acceptors (Lipinski definition) is 1. The normalized spacial score (nSPS) is 10.3. The van der Waals surface area contributed by atoms with E-state index >= 15 is 0 Å². The first-order valence-electron chi connectivity index (χ1n) is 6.05. The molecule has 0 unspecified atom stereocenters. The van der Waals surface area contributed by atoms with Crippen molar-refractivity contribution in [1.82, 2.24) is 5.32 Å². The molecule has 0 aliphatic rings. The van der Waals surface area contributed by atoms with Gasteiger partial charge in [-0.2, -0.15) is 0 Å². The highest BCUT2D eigenvalue weighted by Crippen LogP contribution is 2.25. The minimum Gasteiger partial charge on any atom is -0.352 e. The van der Waals surface area contributed by atoms with Crippen LogP contribution in [0.25, 0.3) is 0 Å². The van der Waals surface area contributed by atoms with E-state index in [4.69, 9.17) is 11.6 Å². The molecular formula is C15H12BrClFNO. The Labute approximate surface area is 130 Å². The van der Waals surface area contributed by atoms with Crippen LogP contribution < -0.4 is 5.32 Å². The SMILES string of the molecule is O=C(NCCc1ccccc1F)c1cccc(Br)c1Cl. The highest BCUT2D eigenvalue weighted by Gasteiger charge is 2.11. The molecule has 0 aliphatic heterocycles. The van der Waals surface area contributed by atoms with E-state index in [1.807, 2.05) is 0 Å². The van der Waals surface area contributed by atoms with E-state index in [1.165, 1.54) is 6.07 Å². The monoisotopic (exact) mass is 355 g/mol. The van der Waals surface area contributed by atoms with Gasteiger partial charge in [0, 0.05) is 11.0 Å². The minimum atomic E-state index is -0.271. The van der Waals surface area contributed by atoms with Crippen LogP contribution in [0.15, 0.2) is 46.9 Å². The molecule has 0 saturated heterocycles. The Balaban J connectivity index is 1.96. The maximum absolute atomic E-state index is 13.4. The second-order valence-corrected chi connectivity index (χ2v) is 5.43. The van der Waals surface area contributed by atoms with Crippen molar-refractivity contribution in [3.05, 3.63) is 68.9 Å². The molecule has 0 bridgehead atoms. The van der Waals surface area contributed by atoms with E-state index in [2.05, 4.69) is 21.2 Å². The molecule has 0 fully saturated rings. The fourth-order valence-corrected chi connectivity index (χ4v) is 2.36. The summed E-state index contributed by atoms with van der Waals surface area (Å²) in [4.78, 5) is 12.0. The van der Waals surface area contributed by atoms with Gasteiger partial charge in [-0.05, 0) is 46.1 Å². The van der Waals surface area contributed by atoms with Crippen LogP contribution >= 0.6 is 27.5 Å². The van der Waals surface area contributed by atoms with Crippen LogP contribution in [0, 0.1) is 5.82 Å². The van der Waals surface area contributed by atoms with Crippen molar-refractivity contribution >= 4 is 33.4 Å². The zero-order valence-corrected chi connectivity index (χ0v) is 12.8. The maximum Gasteiger partial charge on any atom is 0.252 e. The Kier molecular flexibility index (Phi) is 5.15. The standard InChI is InChI=1S/C15H12BrClFNO/c16-12-6-3-5-11(14(12)17)15(20)19-9-8-10-4-1-2-7-13(10)18/h1-7H,8-9H2,(H,19,20). The van der Waals surface area contributed by atoms with Crippen molar-refractivity contribution in [2.45, 2.75) is 6.42 Å². The van der Waals surface area contributed by atoms with E-state index in [-0.39, 0.29) is 11.7 Å². The fourth-order valence-electron chi connectivity index (χ4n) is 1.79. The Morgan fingerprint density at radius 1 is 1.20 bits per heavy atom. The van der Waals surface area contributed by atoms with Gasteiger partial charge < -0.3 is 5.32 Å². The first-order valence-corrected chi connectivity index (χ1v) is 7.22. The smallest absolute Gasteiger partial charge is 0.252 e. The summed E-state index contributed by atoms with van der Waals surface area (Å²) < 4.78 is 14.1. The highest BCUT2D eigenvalue weighted by atomic mass is 79.9. The van der Waals surface area contributed by atoms with Crippen molar-refractivity contribution in [3.63, 3.8) is 0 Å². The Morgan fingerprint density at radius 3 is 2.70 bits per heavy atom. The molecule has 2 aromatic carbocycles. The molecule has 1 amide bonds. The van der Waals surface area contributed by atoms with Gasteiger partial charge in [0.2, 0.25) is 0 Å². The van der Waals surface area contributed by atoms with Crippen LogP contribution in [-0.2, 0) is 6.42 Å². The highest BCUT2D eigenvalue weighted by molar-refractivity contribution is 9.10. The molecule has 0 aromatic heterocycles. The topological polar surface area (TPSA) is 29.1 Å². The summed E-state index contributed by atoms with van der Waals surface area (Å²) in [5.74, 6) is -0.533. The third kappa shape index (κ3) is 3.58. The lowest BCUT2D eigenvalue weighted by Gasteiger charge is -2.08. The van der Waals surface area contributed by atoms with Gasteiger partial charge in [0.15, 0.2) is 0 Å². The molecule has 5 heteroatoms. The zero-order chi connectivity index (χ0) is 14.5. The second kappa shape index (κ2) is 6.86. The first-order chi connectivity index (χ1) is 9.59. The summed E-state index contributed by atoms with van der Waals surface area (Å²) in [5.41, 5.74) is 0.975. The average molecular weight is 357 g/mol. The summed E-state index contributed by atoms with van der Waals surface area (Å²) in [6.45, 7) is 0.350. The van der Waals surface area contributed by atoms with Crippen molar-refractivity contribution in [2.75, 3.05) is 6.54 Å². The number of nitrogens with one attached hydrogen (secondary N) is 1. The molecule has 0 spiro atoms. The lowest BCUT2D eigenvalue weighted by Crippen LogP contribution is -2.26. The predicted octanol–water partition coefficient (Wildman–Crippen LogP) is 4.21. The number of carbonyl (C=O) groups is 1. The summed E-state index contributed by atoms with van der Waals surface area (Å²) in [6.07, 6.45) is 0.435. The Morgan fingerprint density at radius 2 is 1.95 bits per heavy atom. The van der Waals surface area contributed by atoms with Gasteiger partial charge in [0.05, 0.1) is 10.6 Å². The molecule has 0 heterocycles. The van der Waals surface area contributed by atoms with Gasteiger partial charge in [-0.3, -0.25) is 4.79 Å². The van der Waals surface area contributed by atoms with Gasteiger partial charge in [-0.25, -0.2) is 4.39 Å².